The highest BCUT2D eigenvalue weighted by Gasteiger charge is 2.25. The molecule has 2 aromatic heterocycles. The van der Waals surface area contributed by atoms with Gasteiger partial charge in [0.2, 0.25) is 0 Å². The Kier molecular flexibility index (Phi) is 4.64. The first kappa shape index (κ1) is 16.2. The third-order valence-corrected chi connectivity index (χ3v) is 4.44. The molecule has 0 amide bonds. The number of ether oxygens (including phenoxy) is 1. The SMILES string of the molecule is CCOC(=O)c1c(N)c(-c2cccs2)nn1-c1ccc(CN)cc1. The van der Waals surface area contributed by atoms with Crippen molar-refractivity contribution >= 4 is 23.0 Å². The number of hydrogen-bond acceptors (Lipinski definition) is 6. The number of hydrogen-bond donors (Lipinski definition) is 2. The molecule has 0 atom stereocenters. The molecule has 2 heterocycles. The minimum Gasteiger partial charge on any atom is -0.461 e. The van der Waals surface area contributed by atoms with Gasteiger partial charge < -0.3 is 16.2 Å². The molecule has 0 aliphatic heterocycles. The Morgan fingerprint density at radius 2 is 2.04 bits per heavy atom. The summed E-state index contributed by atoms with van der Waals surface area (Å²) in [6.45, 7) is 2.47. The zero-order valence-corrected chi connectivity index (χ0v) is 14.0. The lowest BCUT2D eigenvalue weighted by atomic mass is 10.2. The Balaban J connectivity index is 2.15. The van der Waals surface area contributed by atoms with Gasteiger partial charge in [0.25, 0.3) is 0 Å². The summed E-state index contributed by atoms with van der Waals surface area (Å²) in [5.41, 5.74) is 14.7. The van der Waals surface area contributed by atoms with Gasteiger partial charge in [-0.05, 0) is 36.1 Å². The molecule has 0 unspecified atom stereocenters. The first-order chi connectivity index (χ1) is 11.7. The minimum atomic E-state index is -0.492. The quantitative estimate of drug-likeness (QED) is 0.695. The molecular formula is C17H18N4O2S. The van der Waals surface area contributed by atoms with E-state index in [-0.39, 0.29) is 12.3 Å². The molecule has 0 aliphatic carbocycles. The van der Waals surface area contributed by atoms with Gasteiger partial charge in [0.1, 0.15) is 5.69 Å². The molecule has 24 heavy (non-hydrogen) atoms. The van der Waals surface area contributed by atoms with E-state index in [1.807, 2.05) is 41.8 Å². The van der Waals surface area contributed by atoms with Gasteiger partial charge in [-0.2, -0.15) is 5.10 Å². The van der Waals surface area contributed by atoms with Crippen molar-refractivity contribution in [3.8, 4) is 16.3 Å². The number of carbonyl (C=O) groups excluding carboxylic acids is 1. The summed E-state index contributed by atoms with van der Waals surface area (Å²) in [5, 5.41) is 6.49. The van der Waals surface area contributed by atoms with E-state index in [2.05, 4.69) is 5.10 Å². The van der Waals surface area contributed by atoms with Crippen LogP contribution in [-0.4, -0.2) is 22.4 Å². The zero-order chi connectivity index (χ0) is 17.1. The van der Waals surface area contributed by atoms with Crippen LogP contribution >= 0.6 is 11.3 Å². The van der Waals surface area contributed by atoms with Crippen LogP contribution in [0.4, 0.5) is 5.69 Å². The van der Waals surface area contributed by atoms with E-state index in [1.165, 1.54) is 16.0 Å². The van der Waals surface area contributed by atoms with Gasteiger partial charge in [-0.1, -0.05) is 18.2 Å². The molecule has 0 fully saturated rings. The monoisotopic (exact) mass is 342 g/mol. The highest BCUT2D eigenvalue weighted by atomic mass is 32.1. The van der Waals surface area contributed by atoms with Gasteiger partial charge >= 0.3 is 5.97 Å². The third kappa shape index (κ3) is 2.91. The molecule has 0 spiro atoms. The molecule has 0 saturated heterocycles. The average molecular weight is 342 g/mol. The predicted molar refractivity (Wildman–Crippen MR) is 95.1 cm³/mol. The van der Waals surface area contributed by atoms with Gasteiger partial charge in [-0.15, -0.1) is 11.3 Å². The van der Waals surface area contributed by atoms with Gasteiger partial charge in [0, 0.05) is 6.54 Å². The first-order valence-electron chi connectivity index (χ1n) is 7.54. The number of nitrogen functional groups attached to an aromatic ring is 1. The second kappa shape index (κ2) is 6.86. The van der Waals surface area contributed by atoms with E-state index in [9.17, 15) is 4.79 Å². The maximum Gasteiger partial charge on any atom is 0.359 e. The molecule has 3 rings (SSSR count). The summed E-state index contributed by atoms with van der Waals surface area (Å²) in [4.78, 5) is 13.3. The van der Waals surface area contributed by atoms with Gasteiger partial charge in [0.15, 0.2) is 5.69 Å². The van der Waals surface area contributed by atoms with Crippen molar-refractivity contribution in [2.75, 3.05) is 12.3 Å². The fourth-order valence-corrected chi connectivity index (χ4v) is 3.10. The van der Waals surface area contributed by atoms with Crippen LogP contribution in [0.5, 0.6) is 0 Å². The molecule has 0 aliphatic rings. The number of aromatic nitrogens is 2. The van der Waals surface area contributed by atoms with Crippen LogP contribution in [0.25, 0.3) is 16.3 Å². The molecule has 4 N–H and O–H groups in total. The Morgan fingerprint density at radius 3 is 2.62 bits per heavy atom. The van der Waals surface area contributed by atoms with Crippen molar-refractivity contribution in [3.05, 3.63) is 53.0 Å². The Morgan fingerprint density at radius 1 is 1.29 bits per heavy atom. The number of anilines is 1. The van der Waals surface area contributed by atoms with Crippen LogP contribution in [0, 0.1) is 0 Å². The van der Waals surface area contributed by atoms with Crippen LogP contribution in [0.3, 0.4) is 0 Å². The second-order valence-corrected chi connectivity index (χ2v) is 6.04. The largest absolute Gasteiger partial charge is 0.461 e. The van der Waals surface area contributed by atoms with E-state index in [0.29, 0.717) is 17.9 Å². The molecule has 6 nitrogen and oxygen atoms in total. The highest BCUT2D eigenvalue weighted by molar-refractivity contribution is 7.13. The van der Waals surface area contributed by atoms with Crippen molar-refractivity contribution in [1.29, 1.82) is 0 Å². The van der Waals surface area contributed by atoms with E-state index in [0.717, 1.165) is 16.1 Å². The molecule has 1 aromatic carbocycles. The van der Waals surface area contributed by atoms with Crippen molar-refractivity contribution in [2.24, 2.45) is 5.73 Å². The number of nitrogens with two attached hydrogens (primary N) is 2. The summed E-state index contributed by atoms with van der Waals surface area (Å²) in [6, 6.07) is 11.3. The average Bonchev–Trinajstić information content (AvgIpc) is 3.22. The Hall–Kier alpha value is -2.64. The second-order valence-electron chi connectivity index (χ2n) is 5.09. The molecule has 0 saturated carbocycles. The van der Waals surface area contributed by atoms with E-state index >= 15 is 0 Å². The molecule has 0 radical (unpaired) electrons. The van der Waals surface area contributed by atoms with Crippen molar-refractivity contribution < 1.29 is 9.53 Å². The number of rotatable bonds is 5. The first-order valence-corrected chi connectivity index (χ1v) is 8.42. The van der Waals surface area contributed by atoms with Gasteiger partial charge in [-0.25, -0.2) is 9.48 Å². The van der Waals surface area contributed by atoms with Crippen LogP contribution in [0.15, 0.2) is 41.8 Å². The molecule has 0 bridgehead atoms. The topological polar surface area (TPSA) is 96.2 Å². The lowest BCUT2D eigenvalue weighted by Crippen LogP contribution is -2.13. The maximum atomic E-state index is 12.4. The number of esters is 1. The number of carbonyl (C=O) groups is 1. The van der Waals surface area contributed by atoms with Crippen LogP contribution in [-0.2, 0) is 11.3 Å². The summed E-state index contributed by atoms with van der Waals surface area (Å²) in [5.74, 6) is -0.492. The van der Waals surface area contributed by atoms with E-state index in [1.54, 1.807) is 6.92 Å². The summed E-state index contributed by atoms with van der Waals surface area (Å²) >= 11 is 1.51. The van der Waals surface area contributed by atoms with E-state index in [4.69, 9.17) is 16.2 Å². The standard InChI is InChI=1S/C17H18N4O2S/c1-2-23-17(22)16-14(19)15(13-4-3-9-24-13)20-21(16)12-7-5-11(10-18)6-8-12/h3-9H,2,10,18-19H2,1H3. The predicted octanol–water partition coefficient (Wildman–Crippen LogP) is 2.82. The fraction of sp³-hybridized carbons (Fsp3) is 0.176. The summed E-state index contributed by atoms with van der Waals surface area (Å²) in [6.07, 6.45) is 0. The fourth-order valence-electron chi connectivity index (χ4n) is 2.38. The Labute approximate surface area is 143 Å². The van der Waals surface area contributed by atoms with Crippen molar-refractivity contribution in [1.82, 2.24) is 9.78 Å². The van der Waals surface area contributed by atoms with E-state index < -0.39 is 5.97 Å². The van der Waals surface area contributed by atoms with Crippen molar-refractivity contribution in [3.63, 3.8) is 0 Å². The molecule has 7 heteroatoms. The minimum absolute atomic E-state index is 0.237. The number of nitrogens with zero attached hydrogens (tertiary/aromatic N) is 2. The summed E-state index contributed by atoms with van der Waals surface area (Å²) < 4.78 is 6.68. The zero-order valence-electron chi connectivity index (χ0n) is 13.2. The van der Waals surface area contributed by atoms with Gasteiger partial charge in [0.05, 0.1) is 22.9 Å². The number of benzene rings is 1. The van der Waals surface area contributed by atoms with Crippen LogP contribution in [0.2, 0.25) is 0 Å². The maximum absolute atomic E-state index is 12.4. The lowest BCUT2D eigenvalue weighted by Gasteiger charge is -2.08. The smallest absolute Gasteiger partial charge is 0.359 e. The molecule has 124 valence electrons. The third-order valence-electron chi connectivity index (χ3n) is 3.56. The highest BCUT2D eigenvalue weighted by Crippen LogP contribution is 2.33. The van der Waals surface area contributed by atoms with Gasteiger partial charge in [-0.3, -0.25) is 0 Å². The van der Waals surface area contributed by atoms with Crippen LogP contribution < -0.4 is 11.5 Å². The van der Waals surface area contributed by atoms with Crippen LogP contribution in [0.1, 0.15) is 23.0 Å². The lowest BCUT2D eigenvalue weighted by molar-refractivity contribution is 0.0517. The van der Waals surface area contributed by atoms with Crippen molar-refractivity contribution in [2.45, 2.75) is 13.5 Å². The number of thiophene rings is 1. The summed E-state index contributed by atoms with van der Waals surface area (Å²) in [7, 11) is 0. The normalized spacial score (nSPS) is 10.8. The Bertz CT molecular complexity index is 838. The molecule has 3 aromatic rings. The molecular weight excluding hydrogens is 324 g/mol.